The Morgan fingerprint density at radius 1 is 1.03 bits per heavy atom. The summed E-state index contributed by atoms with van der Waals surface area (Å²) >= 11 is 14.5. The van der Waals surface area contributed by atoms with Gasteiger partial charge in [-0.2, -0.15) is 5.26 Å². The molecule has 5 rings (SSSR count). The van der Waals surface area contributed by atoms with Crippen molar-refractivity contribution >= 4 is 50.7 Å². The lowest BCUT2D eigenvalue weighted by Crippen LogP contribution is -2.44. The summed E-state index contributed by atoms with van der Waals surface area (Å²) in [7, 11) is 3.54. The fraction of sp³-hybridized carbons (Fsp3) is 0.290. The second kappa shape index (κ2) is 12.0. The lowest BCUT2D eigenvalue weighted by Gasteiger charge is -2.38. The summed E-state index contributed by atoms with van der Waals surface area (Å²) in [4.78, 5) is 16.8. The molecule has 4 aromatic rings. The molecule has 1 aliphatic rings. The van der Waals surface area contributed by atoms with Crippen LogP contribution in [0.5, 0.6) is 5.75 Å². The van der Waals surface area contributed by atoms with E-state index < -0.39 is 0 Å². The average Bonchev–Trinajstić information content (AvgIpc) is 3.32. The van der Waals surface area contributed by atoms with Crippen molar-refractivity contribution in [3.63, 3.8) is 0 Å². The molecule has 1 aliphatic carbocycles. The lowest BCUT2D eigenvalue weighted by atomic mass is 9.89. The molecule has 1 heterocycles. The summed E-state index contributed by atoms with van der Waals surface area (Å²) in [5, 5.41) is 10.6. The highest BCUT2D eigenvalue weighted by Gasteiger charge is 2.33. The van der Waals surface area contributed by atoms with Crippen molar-refractivity contribution in [1.29, 1.82) is 5.26 Å². The molecule has 0 aliphatic heterocycles. The van der Waals surface area contributed by atoms with Crippen LogP contribution in [0.25, 0.3) is 21.2 Å². The third-order valence-corrected chi connectivity index (χ3v) is 9.51. The highest BCUT2D eigenvalue weighted by Crippen LogP contribution is 2.38. The van der Waals surface area contributed by atoms with E-state index in [1.165, 1.54) is 11.3 Å². The maximum absolute atomic E-state index is 14.2. The Hall–Kier alpha value is -3.08. The summed E-state index contributed by atoms with van der Waals surface area (Å²) in [6, 6.07) is 23.9. The number of benzene rings is 3. The van der Waals surface area contributed by atoms with E-state index in [1.807, 2.05) is 72.6 Å². The summed E-state index contributed by atoms with van der Waals surface area (Å²) in [5.74, 6) is 0.663. The predicted octanol–water partition coefficient (Wildman–Crippen LogP) is 8.14. The topological polar surface area (TPSA) is 56.6 Å². The molecule has 3 aromatic carbocycles. The summed E-state index contributed by atoms with van der Waals surface area (Å²) < 4.78 is 8.50. The molecule has 1 fully saturated rings. The molecular weight excluding hydrogens is 549 g/mol. The van der Waals surface area contributed by atoms with Crippen molar-refractivity contribution in [2.24, 2.45) is 0 Å². The minimum absolute atomic E-state index is 0.0509. The number of halogens is 2. The van der Waals surface area contributed by atoms with Gasteiger partial charge in [-0.25, -0.2) is 4.42 Å². The van der Waals surface area contributed by atoms with Crippen LogP contribution in [0.3, 0.4) is 0 Å². The first kappa shape index (κ1) is 27.5. The number of thiophene rings is 1. The van der Waals surface area contributed by atoms with Gasteiger partial charge in [0.05, 0.1) is 23.8 Å². The first-order chi connectivity index (χ1) is 18.9. The Morgan fingerprint density at radius 3 is 2.33 bits per heavy atom. The molecule has 200 valence electrons. The highest BCUT2D eigenvalue weighted by molar-refractivity contribution is 7.21. The third kappa shape index (κ3) is 5.78. The zero-order valence-corrected chi connectivity index (χ0v) is 24.2. The van der Waals surface area contributed by atoms with Gasteiger partial charge in [-0.3, -0.25) is 4.79 Å². The lowest BCUT2D eigenvalue weighted by molar-refractivity contribution is 0.0589. The van der Waals surface area contributed by atoms with Gasteiger partial charge in [-0.15, -0.1) is 11.3 Å². The Kier molecular flexibility index (Phi) is 8.44. The highest BCUT2D eigenvalue weighted by atomic mass is 35.5. The van der Waals surface area contributed by atoms with Crippen LogP contribution in [-0.4, -0.2) is 41.5 Å². The van der Waals surface area contributed by atoms with E-state index in [2.05, 4.69) is 12.1 Å². The molecule has 1 saturated carbocycles. The van der Waals surface area contributed by atoms with E-state index in [1.54, 1.807) is 11.5 Å². The number of nitriles is 1. The quantitative estimate of drug-likeness (QED) is 0.208. The van der Waals surface area contributed by atoms with Crippen LogP contribution in [0.4, 0.5) is 0 Å². The van der Waals surface area contributed by atoms with Crippen molar-refractivity contribution in [3.8, 4) is 22.9 Å². The maximum atomic E-state index is 14.2. The van der Waals surface area contributed by atoms with E-state index in [9.17, 15) is 10.1 Å². The second-order valence-corrected chi connectivity index (χ2v) is 11.8. The van der Waals surface area contributed by atoms with Crippen LogP contribution >= 0.6 is 34.7 Å². The number of carbonyl (C=O) groups is 1. The molecule has 5 nitrogen and oxygen atoms in total. The van der Waals surface area contributed by atoms with Crippen LogP contribution in [0.1, 0.15) is 46.5 Å². The minimum atomic E-state index is -0.0605. The van der Waals surface area contributed by atoms with E-state index in [0.717, 1.165) is 58.2 Å². The number of carbonyl (C=O) groups excluding carboxylic acids is 1. The third-order valence-electron chi connectivity index (χ3n) is 7.57. The van der Waals surface area contributed by atoms with Crippen LogP contribution in [0.2, 0.25) is 5.02 Å². The number of amides is 1. The van der Waals surface area contributed by atoms with Gasteiger partial charge in [0.25, 0.3) is 5.91 Å². The zero-order chi connectivity index (χ0) is 27.5. The zero-order valence-electron chi connectivity index (χ0n) is 21.9. The SMILES string of the molecule is COc1ccc(-c2ccc(C#N)cc2)cc1CN(C(=O)c1sc2ccccc2c1Cl)[C@H]1CC[C@H](N(C)Cl)CC1. The van der Waals surface area contributed by atoms with Crippen LogP contribution in [0, 0.1) is 11.3 Å². The molecule has 0 spiro atoms. The van der Waals surface area contributed by atoms with Gasteiger partial charge in [-0.05, 0) is 78.9 Å². The van der Waals surface area contributed by atoms with Gasteiger partial charge < -0.3 is 9.64 Å². The fourth-order valence-corrected chi connectivity index (χ4v) is 7.04. The van der Waals surface area contributed by atoms with Gasteiger partial charge >= 0.3 is 0 Å². The normalized spacial score (nSPS) is 17.2. The number of rotatable bonds is 7. The average molecular weight is 579 g/mol. The molecular formula is C31H29Cl2N3O2S. The maximum Gasteiger partial charge on any atom is 0.266 e. The Balaban J connectivity index is 1.52. The molecule has 0 saturated heterocycles. The van der Waals surface area contributed by atoms with Gasteiger partial charge in [0, 0.05) is 41.3 Å². The van der Waals surface area contributed by atoms with E-state index in [-0.39, 0.29) is 11.9 Å². The van der Waals surface area contributed by atoms with Crippen LogP contribution in [-0.2, 0) is 6.54 Å². The minimum Gasteiger partial charge on any atom is -0.496 e. The molecule has 0 bridgehead atoms. The van der Waals surface area contributed by atoms with Crippen LogP contribution in [0.15, 0.2) is 66.7 Å². The number of hydrogen-bond donors (Lipinski definition) is 0. The van der Waals surface area contributed by atoms with Crippen molar-refractivity contribution in [2.45, 2.75) is 44.3 Å². The largest absolute Gasteiger partial charge is 0.496 e. The number of nitrogens with zero attached hydrogens (tertiary/aromatic N) is 3. The van der Waals surface area contributed by atoms with Crippen molar-refractivity contribution < 1.29 is 9.53 Å². The number of hydrogen-bond acceptors (Lipinski definition) is 5. The summed E-state index contributed by atoms with van der Waals surface area (Å²) in [6.45, 7) is 0.392. The molecule has 1 amide bonds. The molecule has 39 heavy (non-hydrogen) atoms. The molecule has 0 atom stereocenters. The van der Waals surface area contributed by atoms with Gasteiger partial charge in [0.1, 0.15) is 10.6 Å². The van der Waals surface area contributed by atoms with E-state index in [4.69, 9.17) is 28.1 Å². The predicted molar refractivity (Wildman–Crippen MR) is 160 cm³/mol. The standard InChI is InChI=1S/C31H29Cl2N3O2S/c1-35(33)24-12-14-25(15-13-24)36(31(37)30-29(32)26-5-3-4-6-28(26)39-30)19-23-17-22(11-16-27(23)38-2)21-9-7-20(18-34)8-10-21/h3-11,16-17,24-25H,12-15,19H2,1-2H3/t24-,25-. The van der Waals surface area contributed by atoms with E-state index in [0.29, 0.717) is 28.0 Å². The molecule has 0 N–H and O–H groups in total. The summed E-state index contributed by atoms with van der Waals surface area (Å²) in [5.41, 5.74) is 3.52. The first-order valence-corrected chi connectivity index (χ1v) is 14.5. The molecule has 1 aromatic heterocycles. The Labute approximate surface area is 243 Å². The van der Waals surface area contributed by atoms with Crippen molar-refractivity contribution in [2.75, 3.05) is 14.2 Å². The molecule has 0 radical (unpaired) electrons. The smallest absolute Gasteiger partial charge is 0.266 e. The Bertz CT molecular complexity index is 1520. The van der Waals surface area contributed by atoms with Crippen molar-refractivity contribution in [1.82, 2.24) is 9.32 Å². The fourth-order valence-electron chi connectivity index (χ4n) is 5.38. The molecule has 8 heteroatoms. The van der Waals surface area contributed by atoms with Gasteiger partial charge in [0.2, 0.25) is 0 Å². The van der Waals surface area contributed by atoms with Crippen molar-refractivity contribution in [3.05, 3.63) is 87.8 Å². The number of ether oxygens (including phenoxy) is 1. The van der Waals surface area contributed by atoms with E-state index >= 15 is 0 Å². The first-order valence-electron chi connectivity index (χ1n) is 12.9. The second-order valence-electron chi connectivity index (χ2n) is 9.88. The molecule has 0 unspecified atom stereocenters. The Morgan fingerprint density at radius 2 is 1.69 bits per heavy atom. The van der Waals surface area contributed by atoms with Gasteiger partial charge in [0.15, 0.2) is 0 Å². The number of fused-ring (bicyclic) bond motifs is 1. The van der Waals surface area contributed by atoms with Crippen LogP contribution < -0.4 is 4.74 Å². The number of methoxy groups -OCH3 is 1. The summed E-state index contributed by atoms with van der Waals surface area (Å²) in [6.07, 6.45) is 3.54. The van der Waals surface area contributed by atoms with Gasteiger partial charge in [-0.1, -0.05) is 48.0 Å². The monoisotopic (exact) mass is 577 g/mol.